The molecule has 9 rings (SSSR count). The van der Waals surface area contributed by atoms with Gasteiger partial charge in [-0.25, -0.2) is 14.4 Å². The fourth-order valence-corrected chi connectivity index (χ4v) is 6.70. The average molecular weight is 554 g/mol. The molecular formula is C39H24FN3. The highest BCUT2D eigenvalue weighted by Crippen LogP contribution is 2.42. The summed E-state index contributed by atoms with van der Waals surface area (Å²) in [4.78, 5) is 9.80. The lowest BCUT2D eigenvalue weighted by atomic mass is 9.99. The maximum absolute atomic E-state index is 13.7. The number of para-hydroxylation sites is 2. The van der Waals surface area contributed by atoms with Crippen LogP contribution in [0.4, 0.5) is 4.39 Å². The summed E-state index contributed by atoms with van der Waals surface area (Å²) in [6.07, 6.45) is 2.67. The van der Waals surface area contributed by atoms with Gasteiger partial charge in [0.1, 0.15) is 11.5 Å². The van der Waals surface area contributed by atoms with Crippen LogP contribution in [0.2, 0.25) is 0 Å². The third kappa shape index (κ3) is 3.73. The number of nitrogens with zero attached hydrogens (tertiary/aromatic N) is 3. The van der Waals surface area contributed by atoms with E-state index in [0.717, 1.165) is 61.6 Å². The van der Waals surface area contributed by atoms with Gasteiger partial charge in [-0.15, -0.1) is 0 Å². The maximum atomic E-state index is 13.7. The Labute approximate surface area is 246 Å². The lowest BCUT2D eigenvalue weighted by molar-refractivity contribution is 0.628. The lowest BCUT2D eigenvalue weighted by Gasteiger charge is -2.08. The molecule has 0 fully saturated rings. The van der Waals surface area contributed by atoms with Crippen molar-refractivity contribution in [3.05, 3.63) is 151 Å². The highest BCUT2D eigenvalue weighted by Gasteiger charge is 2.20. The van der Waals surface area contributed by atoms with Gasteiger partial charge in [0.05, 0.1) is 22.2 Å². The molecule has 0 saturated heterocycles. The Hall–Kier alpha value is -5.61. The Morgan fingerprint density at radius 1 is 0.628 bits per heavy atom. The average Bonchev–Trinajstić information content (AvgIpc) is 3.57. The van der Waals surface area contributed by atoms with Gasteiger partial charge in [0.15, 0.2) is 0 Å². The molecule has 0 aliphatic heterocycles. The molecule has 5 aromatic carbocycles. The second kappa shape index (κ2) is 9.20. The van der Waals surface area contributed by atoms with Gasteiger partial charge in [0.2, 0.25) is 0 Å². The van der Waals surface area contributed by atoms with Crippen LogP contribution in [-0.2, 0) is 6.42 Å². The van der Waals surface area contributed by atoms with Crippen molar-refractivity contribution in [2.75, 3.05) is 0 Å². The van der Waals surface area contributed by atoms with Crippen LogP contribution in [0.15, 0.2) is 134 Å². The van der Waals surface area contributed by atoms with Crippen molar-refractivity contribution in [2.24, 2.45) is 0 Å². The topological polar surface area (TPSA) is 30.2 Å². The molecule has 0 amide bonds. The van der Waals surface area contributed by atoms with E-state index in [4.69, 9.17) is 9.97 Å². The predicted octanol–water partition coefficient (Wildman–Crippen LogP) is 9.84. The Balaban J connectivity index is 1.18. The van der Waals surface area contributed by atoms with Gasteiger partial charge in [0, 0.05) is 38.7 Å². The number of halogens is 1. The molecule has 0 saturated carbocycles. The zero-order valence-electron chi connectivity index (χ0n) is 23.1. The van der Waals surface area contributed by atoms with E-state index in [1.54, 1.807) is 0 Å². The zero-order chi connectivity index (χ0) is 28.5. The molecule has 0 aliphatic rings. The summed E-state index contributed by atoms with van der Waals surface area (Å²) in [5.41, 5.74) is 10.9. The smallest absolute Gasteiger partial charge is 0.146 e. The first-order valence-corrected chi connectivity index (χ1v) is 14.5. The Bertz CT molecular complexity index is 2490. The number of fused-ring (bicyclic) bond motifs is 7. The van der Waals surface area contributed by atoms with Crippen LogP contribution in [-0.4, -0.2) is 14.4 Å². The molecule has 0 bridgehead atoms. The number of benzene rings is 5. The van der Waals surface area contributed by atoms with Crippen LogP contribution < -0.4 is 0 Å². The summed E-state index contributed by atoms with van der Waals surface area (Å²) in [5, 5.41) is 5.83. The summed E-state index contributed by atoms with van der Waals surface area (Å²) >= 11 is 0. The van der Waals surface area contributed by atoms with E-state index in [9.17, 15) is 4.39 Å². The van der Waals surface area contributed by atoms with E-state index in [2.05, 4.69) is 89.3 Å². The van der Waals surface area contributed by atoms with Gasteiger partial charge < -0.3 is 0 Å². The second-order valence-corrected chi connectivity index (χ2v) is 11.2. The SMILES string of the molecule is Fc1ccc(-c2ccnc3c2c2cccc4c5ccc(Cc6cccc(-c7ccc8ccccc8n7)c6)cc5n3c42)cc1. The molecule has 9 aromatic rings. The van der Waals surface area contributed by atoms with Crippen molar-refractivity contribution in [1.82, 2.24) is 14.4 Å². The van der Waals surface area contributed by atoms with Gasteiger partial charge in [-0.05, 0) is 71.1 Å². The lowest BCUT2D eigenvalue weighted by Crippen LogP contribution is -1.92. The van der Waals surface area contributed by atoms with E-state index < -0.39 is 0 Å². The van der Waals surface area contributed by atoms with Gasteiger partial charge in [0.25, 0.3) is 0 Å². The maximum Gasteiger partial charge on any atom is 0.146 e. The number of rotatable bonds is 4. The van der Waals surface area contributed by atoms with E-state index in [-0.39, 0.29) is 5.82 Å². The number of hydrogen-bond donors (Lipinski definition) is 0. The molecule has 4 heteroatoms. The molecular weight excluding hydrogens is 529 g/mol. The van der Waals surface area contributed by atoms with Gasteiger partial charge in [-0.2, -0.15) is 0 Å². The second-order valence-electron chi connectivity index (χ2n) is 11.2. The minimum Gasteiger partial charge on any atom is -0.293 e. The molecule has 0 aliphatic carbocycles. The van der Waals surface area contributed by atoms with Crippen LogP contribution in [0.3, 0.4) is 0 Å². The fourth-order valence-electron chi connectivity index (χ4n) is 6.70. The molecule has 3 nitrogen and oxygen atoms in total. The first-order chi connectivity index (χ1) is 21.2. The molecule has 43 heavy (non-hydrogen) atoms. The minimum absolute atomic E-state index is 0.236. The van der Waals surface area contributed by atoms with Gasteiger partial charge in [-0.3, -0.25) is 4.40 Å². The standard InChI is InChI=1S/C39H24FN3/c40-29-15-12-26(13-16-29)30-19-20-41-39-37(30)33-9-4-8-32-31-17-11-25(23-36(31)43(39)38(32)33)21-24-5-3-7-28(22-24)35-18-14-27-6-1-2-10-34(27)42-35/h1-20,22-23H,21H2. The summed E-state index contributed by atoms with van der Waals surface area (Å²) in [7, 11) is 0. The monoisotopic (exact) mass is 553 g/mol. The number of hydrogen-bond acceptors (Lipinski definition) is 2. The molecule has 0 N–H and O–H groups in total. The zero-order valence-corrected chi connectivity index (χ0v) is 23.1. The van der Waals surface area contributed by atoms with Crippen molar-refractivity contribution in [2.45, 2.75) is 6.42 Å². The van der Waals surface area contributed by atoms with Crippen LogP contribution >= 0.6 is 0 Å². The van der Waals surface area contributed by atoms with Crippen LogP contribution in [0.1, 0.15) is 11.1 Å². The van der Waals surface area contributed by atoms with Crippen LogP contribution in [0.25, 0.3) is 71.5 Å². The third-order valence-corrected chi connectivity index (χ3v) is 8.65. The van der Waals surface area contributed by atoms with E-state index >= 15 is 0 Å². The predicted molar refractivity (Wildman–Crippen MR) is 174 cm³/mol. The Kier molecular flexibility index (Phi) is 5.14. The molecule has 0 spiro atoms. The first kappa shape index (κ1) is 24.0. The summed E-state index contributed by atoms with van der Waals surface area (Å²) in [6.45, 7) is 0. The molecule has 4 aromatic heterocycles. The molecule has 0 radical (unpaired) electrons. The van der Waals surface area contributed by atoms with Crippen molar-refractivity contribution in [3.8, 4) is 22.4 Å². The van der Waals surface area contributed by atoms with E-state index in [1.165, 1.54) is 39.5 Å². The number of aromatic nitrogens is 3. The normalized spacial score (nSPS) is 11.9. The molecule has 0 atom stereocenters. The Morgan fingerprint density at radius 3 is 2.40 bits per heavy atom. The van der Waals surface area contributed by atoms with Crippen LogP contribution in [0.5, 0.6) is 0 Å². The molecule has 202 valence electrons. The van der Waals surface area contributed by atoms with E-state index in [1.807, 2.05) is 36.5 Å². The van der Waals surface area contributed by atoms with E-state index in [0.29, 0.717) is 0 Å². The molecule has 4 heterocycles. The van der Waals surface area contributed by atoms with Crippen molar-refractivity contribution in [3.63, 3.8) is 0 Å². The van der Waals surface area contributed by atoms with Crippen LogP contribution in [0, 0.1) is 5.82 Å². The quantitative estimate of drug-likeness (QED) is 0.217. The fraction of sp³-hybridized carbons (Fsp3) is 0.0256. The summed E-state index contributed by atoms with van der Waals surface area (Å²) < 4.78 is 16.0. The summed E-state index contributed by atoms with van der Waals surface area (Å²) in [5.74, 6) is -0.236. The van der Waals surface area contributed by atoms with Gasteiger partial charge in [-0.1, -0.05) is 84.9 Å². The minimum atomic E-state index is -0.236. The van der Waals surface area contributed by atoms with Crippen molar-refractivity contribution in [1.29, 1.82) is 0 Å². The highest BCUT2D eigenvalue weighted by molar-refractivity contribution is 6.25. The molecule has 0 unspecified atom stereocenters. The number of pyridine rings is 2. The third-order valence-electron chi connectivity index (χ3n) is 8.65. The van der Waals surface area contributed by atoms with Crippen molar-refractivity contribution < 1.29 is 4.39 Å². The Morgan fingerprint density at radius 2 is 1.47 bits per heavy atom. The van der Waals surface area contributed by atoms with Gasteiger partial charge >= 0.3 is 0 Å². The first-order valence-electron chi connectivity index (χ1n) is 14.5. The summed E-state index contributed by atoms with van der Waals surface area (Å²) in [6, 6.07) is 43.2. The van der Waals surface area contributed by atoms with Crippen molar-refractivity contribution >= 4 is 49.1 Å². The highest BCUT2D eigenvalue weighted by atomic mass is 19.1. The largest absolute Gasteiger partial charge is 0.293 e.